The van der Waals surface area contributed by atoms with E-state index in [2.05, 4.69) is 27.8 Å². The summed E-state index contributed by atoms with van der Waals surface area (Å²) in [4.78, 5) is 15.1. The van der Waals surface area contributed by atoms with E-state index >= 15 is 0 Å². The number of carbonyl (C=O) groups is 1. The molecule has 0 spiro atoms. The Hall–Kier alpha value is -2.37. The lowest BCUT2D eigenvalue weighted by atomic mass is 10.1. The third-order valence-electron chi connectivity index (χ3n) is 3.98. The predicted octanol–water partition coefficient (Wildman–Crippen LogP) is 4.12. The molecule has 2 aromatic carbocycles. The zero-order valence-electron chi connectivity index (χ0n) is 13.6. The monoisotopic (exact) mass is 359 g/mol. The summed E-state index contributed by atoms with van der Waals surface area (Å²) in [7, 11) is 0. The third-order valence-corrected chi connectivity index (χ3v) is 4.27. The molecule has 130 valence electrons. The average molecular weight is 360 g/mol. The van der Waals surface area contributed by atoms with Crippen molar-refractivity contribution in [1.29, 1.82) is 0 Å². The molecule has 0 aliphatic rings. The second kappa shape index (κ2) is 8.14. The molecule has 1 aromatic heterocycles. The summed E-state index contributed by atoms with van der Waals surface area (Å²) in [5, 5.41) is 7.20. The molecule has 0 atom stereocenters. The SMILES string of the molecule is O=C(CCNCCc1c[nH]c2ccccc12)Nc1ccc(F)c(Cl)c1. The van der Waals surface area contributed by atoms with Crippen molar-refractivity contribution in [1.82, 2.24) is 10.3 Å². The van der Waals surface area contributed by atoms with Crippen LogP contribution in [-0.2, 0) is 11.2 Å². The predicted molar refractivity (Wildman–Crippen MR) is 99.5 cm³/mol. The van der Waals surface area contributed by atoms with Gasteiger partial charge in [-0.1, -0.05) is 29.8 Å². The number of amides is 1. The second-order valence-electron chi connectivity index (χ2n) is 5.79. The first kappa shape index (κ1) is 17.5. The Morgan fingerprint density at radius 1 is 1.16 bits per heavy atom. The van der Waals surface area contributed by atoms with Crippen molar-refractivity contribution < 1.29 is 9.18 Å². The third kappa shape index (κ3) is 4.59. The van der Waals surface area contributed by atoms with Crippen molar-refractivity contribution in [3.63, 3.8) is 0 Å². The van der Waals surface area contributed by atoms with E-state index in [-0.39, 0.29) is 10.9 Å². The van der Waals surface area contributed by atoms with Crippen LogP contribution in [-0.4, -0.2) is 24.0 Å². The van der Waals surface area contributed by atoms with Crippen molar-refractivity contribution in [2.24, 2.45) is 0 Å². The van der Waals surface area contributed by atoms with E-state index in [9.17, 15) is 9.18 Å². The van der Waals surface area contributed by atoms with E-state index in [0.717, 1.165) is 18.5 Å². The molecular formula is C19H19ClFN3O. The lowest BCUT2D eigenvalue weighted by Gasteiger charge is -2.07. The highest BCUT2D eigenvalue weighted by atomic mass is 35.5. The summed E-state index contributed by atoms with van der Waals surface area (Å²) in [5.74, 6) is -0.638. The van der Waals surface area contributed by atoms with Crippen molar-refractivity contribution in [2.45, 2.75) is 12.8 Å². The van der Waals surface area contributed by atoms with Crippen LogP contribution in [0.1, 0.15) is 12.0 Å². The van der Waals surface area contributed by atoms with E-state index in [1.807, 2.05) is 18.3 Å². The van der Waals surface area contributed by atoms with Crippen LogP contribution in [0.25, 0.3) is 10.9 Å². The van der Waals surface area contributed by atoms with E-state index in [1.165, 1.54) is 29.1 Å². The van der Waals surface area contributed by atoms with Gasteiger partial charge in [0.25, 0.3) is 0 Å². The number of aromatic nitrogens is 1. The number of aromatic amines is 1. The van der Waals surface area contributed by atoms with Crippen LogP contribution in [0, 0.1) is 5.82 Å². The van der Waals surface area contributed by atoms with Gasteiger partial charge in [-0.2, -0.15) is 0 Å². The molecule has 0 aliphatic carbocycles. The Labute approximate surface area is 150 Å². The van der Waals surface area contributed by atoms with Crippen LogP contribution in [0.15, 0.2) is 48.7 Å². The normalized spacial score (nSPS) is 11.0. The van der Waals surface area contributed by atoms with Crippen molar-refractivity contribution >= 4 is 34.1 Å². The Morgan fingerprint density at radius 2 is 2.00 bits per heavy atom. The minimum Gasteiger partial charge on any atom is -0.361 e. The molecule has 4 nitrogen and oxygen atoms in total. The molecule has 3 N–H and O–H groups in total. The van der Waals surface area contributed by atoms with Gasteiger partial charge < -0.3 is 15.6 Å². The van der Waals surface area contributed by atoms with Gasteiger partial charge in [-0.25, -0.2) is 4.39 Å². The lowest BCUT2D eigenvalue weighted by Crippen LogP contribution is -2.23. The molecule has 6 heteroatoms. The van der Waals surface area contributed by atoms with Crippen LogP contribution < -0.4 is 10.6 Å². The number of para-hydroxylation sites is 1. The Balaban J connectivity index is 1.39. The zero-order chi connectivity index (χ0) is 17.6. The number of H-pyrrole nitrogens is 1. The van der Waals surface area contributed by atoms with E-state index in [0.29, 0.717) is 18.7 Å². The number of anilines is 1. The van der Waals surface area contributed by atoms with Crippen molar-refractivity contribution in [2.75, 3.05) is 18.4 Å². The molecule has 1 amide bonds. The van der Waals surface area contributed by atoms with E-state index in [4.69, 9.17) is 11.6 Å². The molecule has 0 saturated heterocycles. The van der Waals surface area contributed by atoms with Gasteiger partial charge in [0.05, 0.1) is 5.02 Å². The number of carbonyl (C=O) groups excluding carboxylic acids is 1. The van der Waals surface area contributed by atoms with Crippen LogP contribution in [0.4, 0.5) is 10.1 Å². The highest BCUT2D eigenvalue weighted by Crippen LogP contribution is 2.19. The lowest BCUT2D eigenvalue weighted by molar-refractivity contribution is -0.116. The Kier molecular flexibility index (Phi) is 5.68. The highest BCUT2D eigenvalue weighted by Gasteiger charge is 2.06. The van der Waals surface area contributed by atoms with Crippen LogP contribution >= 0.6 is 11.6 Å². The highest BCUT2D eigenvalue weighted by molar-refractivity contribution is 6.31. The molecule has 0 radical (unpaired) electrons. The maximum Gasteiger partial charge on any atom is 0.225 e. The Bertz CT molecular complexity index is 878. The summed E-state index contributed by atoms with van der Waals surface area (Å²) in [5.41, 5.74) is 2.89. The van der Waals surface area contributed by atoms with Gasteiger partial charge in [-0.3, -0.25) is 4.79 Å². The number of fused-ring (bicyclic) bond motifs is 1. The molecule has 3 rings (SSSR count). The van der Waals surface area contributed by atoms with Gasteiger partial charge >= 0.3 is 0 Å². The topological polar surface area (TPSA) is 56.9 Å². The summed E-state index contributed by atoms with van der Waals surface area (Å²) in [6.45, 7) is 1.36. The molecule has 0 bridgehead atoms. The maximum absolute atomic E-state index is 13.1. The van der Waals surface area contributed by atoms with Gasteiger partial charge in [-0.05, 0) is 42.8 Å². The van der Waals surface area contributed by atoms with Crippen LogP contribution in [0.2, 0.25) is 5.02 Å². The zero-order valence-corrected chi connectivity index (χ0v) is 14.4. The molecule has 0 unspecified atom stereocenters. The first-order valence-corrected chi connectivity index (χ1v) is 8.52. The quantitative estimate of drug-likeness (QED) is 0.556. The van der Waals surface area contributed by atoms with E-state index in [1.54, 1.807) is 0 Å². The summed E-state index contributed by atoms with van der Waals surface area (Å²) >= 11 is 5.69. The Morgan fingerprint density at radius 3 is 2.84 bits per heavy atom. The van der Waals surface area contributed by atoms with Crippen molar-refractivity contribution in [3.8, 4) is 0 Å². The average Bonchev–Trinajstić information content (AvgIpc) is 3.01. The number of hydrogen-bond donors (Lipinski definition) is 3. The molecule has 1 heterocycles. The number of rotatable bonds is 7. The number of nitrogens with one attached hydrogen (secondary N) is 3. The molecule has 0 saturated carbocycles. The molecule has 25 heavy (non-hydrogen) atoms. The summed E-state index contributed by atoms with van der Waals surface area (Å²) < 4.78 is 13.1. The minimum atomic E-state index is -0.501. The van der Waals surface area contributed by atoms with Crippen molar-refractivity contribution in [3.05, 3.63) is 65.1 Å². The molecular weight excluding hydrogens is 341 g/mol. The van der Waals surface area contributed by atoms with Crippen LogP contribution in [0.5, 0.6) is 0 Å². The van der Waals surface area contributed by atoms with Gasteiger partial charge in [0.2, 0.25) is 5.91 Å². The van der Waals surface area contributed by atoms with Crippen LogP contribution in [0.3, 0.4) is 0 Å². The molecule has 3 aromatic rings. The minimum absolute atomic E-state index is 0.00495. The second-order valence-corrected chi connectivity index (χ2v) is 6.19. The molecule has 0 aliphatic heterocycles. The first-order chi connectivity index (χ1) is 12.1. The number of hydrogen-bond acceptors (Lipinski definition) is 2. The number of benzene rings is 2. The summed E-state index contributed by atoms with van der Waals surface area (Å²) in [6.07, 6.45) is 3.25. The van der Waals surface area contributed by atoms with Gasteiger partial charge in [0.1, 0.15) is 5.82 Å². The molecule has 0 fully saturated rings. The maximum atomic E-state index is 13.1. The van der Waals surface area contributed by atoms with Gasteiger partial charge in [0, 0.05) is 35.8 Å². The van der Waals surface area contributed by atoms with Gasteiger partial charge in [0.15, 0.2) is 0 Å². The van der Waals surface area contributed by atoms with Gasteiger partial charge in [-0.15, -0.1) is 0 Å². The fourth-order valence-electron chi connectivity index (χ4n) is 2.69. The fraction of sp³-hybridized carbons (Fsp3) is 0.211. The fourth-order valence-corrected chi connectivity index (χ4v) is 2.87. The summed E-state index contributed by atoms with van der Waals surface area (Å²) in [6, 6.07) is 12.3. The smallest absolute Gasteiger partial charge is 0.225 e. The largest absolute Gasteiger partial charge is 0.361 e. The standard InChI is InChI=1S/C19H19ClFN3O/c20-16-11-14(5-6-17(16)21)24-19(25)8-10-22-9-7-13-12-23-18-4-2-1-3-15(13)18/h1-6,11-12,22-23H,7-10H2,(H,24,25). The van der Waals surface area contributed by atoms with E-state index < -0.39 is 5.82 Å². The first-order valence-electron chi connectivity index (χ1n) is 8.14. The number of halogens is 2.